The summed E-state index contributed by atoms with van der Waals surface area (Å²) in [5.74, 6) is 1.54. The predicted octanol–water partition coefficient (Wildman–Crippen LogP) is 6.15. The fourth-order valence-electron chi connectivity index (χ4n) is 2.46. The first-order chi connectivity index (χ1) is 12.6. The van der Waals surface area contributed by atoms with Gasteiger partial charge in [0.05, 0.1) is 4.90 Å². The number of rotatable bonds is 5. The summed E-state index contributed by atoms with van der Waals surface area (Å²) in [5, 5.41) is 5.69. The third-order valence-corrected chi connectivity index (χ3v) is 4.43. The summed E-state index contributed by atoms with van der Waals surface area (Å²) in [6.45, 7) is 1.99. The molecule has 2 amide bonds. The number of amides is 2. The molecule has 0 aromatic heterocycles. The maximum Gasteiger partial charge on any atom is 0.323 e. The van der Waals surface area contributed by atoms with Gasteiger partial charge in [0.15, 0.2) is 0 Å². The molecule has 3 rings (SSSR count). The van der Waals surface area contributed by atoms with Crippen LogP contribution in [0.2, 0.25) is 0 Å². The highest BCUT2D eigenvalue weighted by Gasteiger charge is 2.08. The summed E-state index contributed by atoms with van der Waals surface area (Å²) >= 11 is 1.57. The Hall–Kier alpha value is -2.92. The summed E-state index contributed by atoms with van der Waals surface area (Å²) in [7, 11) is 0. The van der Waals surface area contributed by atoms with Crippen LogP contribution in [-0.4, -0.2) is 12.3 Å². The van der Waals surface area contributed by atoms with Crippen LogP contribution in [0.3, 0.4) is 0 Å². The van der Waals surface area contributed by atoms with Crippen LogP contribution in [0.25, 0.3) is 0 Å². The molecular weight excluding hydrogens is 344 g/mol. The van der Waals surface area contributed by atoms with Gasteiger partial charge in [-0.15, -0.1) is 11.8 Å². The Morgan fingerprint density at radius 1 is 0.885 bits per heavy atom. The van der Waals surface area contributed by atoms with Crippen molar-refractivity contribution in [2.75, 3.05) is 16.9 Å². The van der Waals surface area contributed by atoms with Gasteiger partial charge in [-0.05, 0) is 61.2 Å². The molecule has 3 aromatic rings. The Morgan fingerprint density at radius 2 is 1.62 bits per heavy atom. The molecule has 0 radical (unpaired) electrons. The lowest BCUT2D eigenvalue weighted by Gasteiger charge is -2.13. The number of nitrogens with one attached hydrogen (secondary N) is 2. The number of carbonyl (C=O) groups excluding carboxylic acids is 1. The zero-order valence-corrected chi connectivity index (χ0v) is 15.5. The minimum Gasteiger partial charge on any atom is -0.456 e. The van der Waals surface area contributed by atoms with E-state index in [4.69, 9.17) is 4.74 Å². The highest BCUT2D eigenvalue weighted by Crippen LogP contribution is 2.33. The van der Waals surface area contributed by atoms with Crippen LogP contribution >= 0.6 is 11.8 Å². The van der Waals surface area contributed by atoms with Gasteiger partial charge in [-0.3, -0.25) is 0 Å². The smallest absolute Gasteiger partial charge is 0.323 e. The summed E-state index contributed by atoms with van der Waals surface area (Å²) in [5.41, 5.74) is 2.56. The fraction of sp³-hybridized carbons (Fsp3) is 0.0952. The van der Waals surface area contributed by atoms with Crippen LogP contribution in [0.5, 0.6) is 11.5 Å². The molecule has 0 aliphatic rings. The number of hydrogen-bond acceptors (Lipinski definition) is 3. The van der Waals surface area contributed by atoms with Gasteiger partial charge in [-0.2, -0.15) is 0 Å². The first-order valence-electron chi connectivity index (χ1n) is 8.19. The normalized spacial score (nSPS) is 10.2. The number of ether oxygens (including phenoxy) is 1. The molecule has 0 aliphatic heterocycles. The van der Waals surface area contributed by atoms with Crippen LogP contribution in [0.15, 0.2) is 77.7 Å². The van der Waals surface area contributed by atoms with Crippen molar-refractivity contribution in [3.63, 3.8) is 0 Å². The SMILES string of the molecule is CSc1cc(NC(=O)Nc2cccc(C)c2)ccc1Oc1ccccc1. The van der Waals surface area contributed by atoms with E-state index in [2.05, 4.69) is 10.6 Å². The van der Waals surface area contributed by atoms with Crippen LogP contribution in [-0.2, 0) is 0 Å². The van der Waals surface area contributed by atoms with Crippen LogP contribution < -0.4 is 15.4 Å². The van der Waals surface area contributed by atoms with Gasteiger partial charge >= 0.3 is 6.03 Å². The second kappa shape index (κ2) is 8.45. The van der Waals surface area contributed by atoms with Crippen molar-refractivity contribution in [2.24, 2.45) is 0 Å². The summed E-state index contributed by atoms with van der Waals surface area (Å²) < 4.78 is 5.92. The van der Waals surface area contributed by atoms with E-state index in [-0.39, 0.29) is 6.03 Å². The molecule has 2 N–H and O–H groups in total. The van der Waals surface area contributed by atoms with E-state index in [0.29, 0.717) is 5.69 Å². The van der Waals surface area contributed by atoms with Crippen molar-refractivity contribution >= 4 is 29.2 Å². The molecule has 26 heavy (non-hydrogen) atoms. The Bertz CT molecular complexity index is 898. The van der Waals surface area contributed by atoms with E-state index in [1.165, 1.54) is 0 Å². The highest BCUT2D eigenvalue weighted by molar-refractivity contribution is 7.98. The fourth-order valence-corrected chi connectivity index (χ4v) is 3.02. The van der Waals surface area contributed by atoms with E-state index in [1.807, 2.05) is 86.0 Å². The number of benzene rings is 3. The van der Waals surface area contributed by atoms with Crippen molar-refractivity contribution in [3.05, 3.63) is 78.4 Å². The minimum absolute atomic E-state index is 0.278. The Kier molecular flexibility index (Phi) is 5.81. The van der Waals surface area contributed by atoms with Crippen molar-refractivity contribution in [1.82, 2.24) is 0 Å². The quantitative estimate of drug-likeness (QED) is 0.534. The third kappa shape index (κ3) is 4.80. The van der Waals surface area contributed by atoms with Gasteiger partial charge in [-0.25, -0.2) is 4.79 Å². The highest BCUT2D eigenvalue weighted by atomic mass is 32.2. The average molecular weight is 364 g/mol. The second-order valence-corrected chi connectivity index (χ2v) is 6.58. The summed E-state index contributed by atoms with van der Waals surface area (Å²) in [6, 6.07) is 22.6. The van der Waals surface area contributed by atoms with Crippen LogP contribution in [0.1, 0.15) is 5.56 Å². The van der Waals surface area contributed by atoms with Crippen molar-refractivity contribution in [3.8, 4) is 11.5 Å². The van der Waals surface area contributed by atoms with Gasteiger partial charge in [0.2, 0.25) is 0 Å². The van der Waals surface area contributed by atoms with E-state index in [1.54, 1.807) is 11.8 Å². The molecule has 132 valence electrons. The zero-order chi connectivity index (χ0) is 18.4. The topological polar surface area (TPSA) is 50.4 Å². The molecule has 0 unspecified atom stereocenters. The number of urea groups is 1. The molecular formula is C21H20N2O2S. The number of hydrogen-bond donors (Lipinski definition) is 2. The molecule has 0 saturated carbocycles. The summed E-state index contributed by atoms with van der Waals surface area (Å²) in [4.78, 5) is 13.2. The number of carbonyl (C=O) groups is 1. The van der Waals surface area contributed by atoms with Crippen LogP contribution in [0, 0.1) is 6.92 Å². The first kappa shape index (κ1) is 17.9. The standard InChI is InChI=1S/C21H20N2O2S/c1-15-7-6-8-16(13-15)22-21(24)23-17-11-12-19(20(14-17)26-2)25-18-9-4-3-5-10-18/h3-14H,1-2H3,(H2,22,23,24). The molecule has 0 heterocycles. The molecule has 0 saturated heterocycles. The Labute approximate surface area is 157 Å². The Balaban J connectivity index is 1.69. The molecule has 5 heteroatoms. The van der Waals surface area contributed by atoms with E-state index < -0.39 is 0 Å². The molecule has 0 bridgehead atoms. The second-order valence-electron chi connectivity index (χ2n) is 5.73. The molecule has 0 fully saturated rings. The van der Waals surface area contributed by atoms with Gasteiger partial charge < -0.3 is 15.4 Å². The number of anilines is 2. The lowest BCUT2D eigenvalue weighted by atomic mass is 10.2. The van der Waals surface area contributed by atoms with Gasteiger partial charge in [-0.1, -0.05) is 30.3 Å². The molecule has 3 aromatic carbocycles. The first-order valence-corrected chi connectivity index (χ1v) is 9.42. The van der Waals surface area contributed by atoms with Crippen molar-refractivity contribution in [2.45, 2.75) is 11.8 Å². The van der Waals surface area contributed by atoms with E-state index >= 15 is 0 Å². The van der Waals surface area contributed by atoms with E-state index in [0.717, 1.165) is 27.6 Å². The van der Waals surface area contributed by atoms with Gasteiger partial charge in [0.25, 0.3) is 0 Å². The minimum atomic E-state index is -0.278. The van der Waals surface area contributed by atoms with E-state index in [9.17, 15) is 4.79 Å². The maximum absolute atomic E-state index is 12.2. The lowest BCUT2D eigenvalue weighted by molar-refractivity contribution is 0.262. The lowest BCUT2D eigenvalue weighted by Crippen LogP contribution is -2.19. The molecule has 4 nitrogen and oxygen atoms in total. The van der Waals surface area contributed by atoms with Crippen LogP contribution in [0.4, 0.5) is 16.2 Å². The molecule has 0 atom stereocenters. The number of aryl methyl sites for hydroxylation is 1. The largest absolute Gasteiger partial charge is 0.456 e. The predicted molar refractivity (Wildman–Crippen MR) is 109 cm³/mol. The maximum atomic E-state index is 12.2. The molecule has 0 spiro atoms. The Morgan fingerprint density at radius 3 is 2.31 bits per heavy atom. The average Bonchev–Trinajstić information content (AvgIpc) is 2.63. The van der Waals surface area contributed by atoms with Gasteiger partial charge in [0, 0.05) is 11.4 Å². The van der Waals surface area contributed by atoms with Gasteiger partial charge in [0.1, 0.15) is 11.5 Å². The monoisotopic (exact) mass is 364 g/mol. The molecule has 0 aliphatic carbocycles. The number of para-hydroxylation sites is 1. The van der Waals surface area contributed by atoms with Crippen molar-refractivity contribution in [1.29, 1.82) is 0 Å². The number of thioether (sulfide) groups is 1. The zero-order valence-electron chi connectivity index (χ0n) is 14.7. The third-order valence-electron chi connectivity index (χ3n) is 3.67. The summed E-state index contributed by atoms with van der Waals surface area (Å²) in [6.07, 6.45) is 1.98. The van der Waals surface area contributed by atoms with Crippen molar-refractivity contribution < 1.29 is 9.53 Å².